The fourth-order valence-corrected chi connectivity index (χ4v) is 2.22. The highest BCUT2D eigenvalue weighted by molar-refractivity contribution is 6.31. The van der Waals surface area contributed by atoms with E-state index in [1.165, 1.54) is 0 Å². The highest BCUT2D eigenvalue weighted by atomic mass is 35.5. The number of carbonyl (C=O) groups excluding carboxylic acids is 1. The van der Waals surface area contributed by atoms with E-state index in [2.05, 4.69) is 4.98 Å². The lowest BCUT2D eigenvalue weighted by molar-refractivity contribution is 0.0987. The van der Waals surface area contributed by atoms with Crippen LogP contribution >= 0.6 is 11.6 Å². The van der Waals surface area contributed by atoms with Gasteiger partial charge in [0.15, 0.2) is 5.78 Å². The minimum atomic E-state index is -0.0479. The summed E-state index contributed by atoms with van der Waals surface area (Å²) >= 11 is 5.89. The smallest absolute Gasteiger partial charge is 0.226 e. The van der Waals surface area contributed by atoms with E-state index in [0.29, 0.717) is 22.2 Å². The van der Waals surface area contributed by atoms with E-state index >= 15 is 0 Å². The van der Waals surface area contributed by atoms with Gasteiger partial charge in [-0.05, 0) is 24.3 Å². The van der Waals surface area contributed by atoms with Crippen LogP contribution in [0.25, 0.3) is 11.5 Å². The highest BCUT2D eigenvalue weighted by Gasteiger charge is 2.12. The number of hydrogen-bond donors (Lipinski definition) is 0. The van der Waals surface area contributed by atoms with Crippen molar-refractivity contribution in [3.8, 4) is 11.5 Å². The Kier molecular flexibility index (Phi) is 3.84. The molecule has 1 heterocycles. The lowest BCUT2D eigenvalue weighted by Crippen LogP contribution is -2.02. The molecule has 0 N–H and O–H groups in total. The summed E-state index contributed by atoms with van der Waals surface area (Å²) in [4.78, 5) is 16.4. The standard InChI is InChI=1S/C17H12ClNO2/c18-14-8-4-7-13(9-14)16(20)10-15-11-19-17(21-15)12-5-2-1-3-6-12/h1-9,11H,10H2. The summed E-state index contributed by atoms with van der Waals surface area (Å²) in [6.07, 6.45) is 1.75. The van der Waals surface area contributed by atoms with Crippen LogP contribution in [0.2, 0.25) is 5.02 Å². The molecule has 3 rings (SSSR count). The normalized spacial score (nSPS) is 10.5. The van der Waals surface area contributed by atoms with Crippen LogP contribution in [-0.2, 0) is 6.42 Å². The molecule has 104 valence electrons. The molecule has 3 nitrogen and oxygen atoms in total. The van der Waals surface area contributed by atoms with Gasteiger partial charge in [0.2, 0.25) is 5.89 Å². The van der Waals surface area contributed by atoms with Crippen molar-refractivity contribution in [2.75, 3.05) is 0 Å². The minimum absolute atomic E-state index is 0.0479. The van der Waals surface area contributed by atoms with Crippen LogP contribution < -0.4 is 0 Å². The SMILES string of the molecule is O=C(Cc1cnc(-c2ccccc2)o1)c1cccc(Cl)c1. The molecule has 4 heteroatoms. The molecule has 21 heavy (non-hydrogen) atoms. The molecule has 2 aromatic carbocycles. The van der Waals surface area contributed by atoms with Crippen LogP contribution in [0.5, 0.6) is 0 Å². The van der Waals surface area contributed by atoms with Crippen molar-refractivity contribution < 1.29 is 9.21 Å². The lowest BCUT2D eigenvalue weighted by atomic mass is 10.1. The zero-order chi connectivity index (χ0) is 14.7. The molecule has 0 unspecified atom stereocenters. The summed E-state index contributed by atoms with van der Waals surface area (Å²) < 4.78 is 5.63. The zero-order valence-corrected chi connectivity index (χ0v) is 11.9. The Hall–Kier alpha value is -2.39. The molecule has 0 fully saturated rings. The van der Waals surface area contributed by atoms with Crippen molar-refractivity contribution in [1.29, 1.82) is 0 Å². The van der Waals surface area contributed by atoms with Gasteiger partial charge in [-0.15, -0.1) is 0 Å². The second-order valence-corrected chi connectivity index (χ2v) is 5.04. The molecule has 0 aliphatic carbocycles. The predicted octanol–water partition coefficient (Wildman–Crippen LogP) is 4.42. The Morgan fingerprint density at radius 3 is 2.67 bits per heavy atom. The van der Waals surface area contributed by atoms with Crippen LogP contribution in [0.15, 0.2) is 65.2 Å². The first kappa shape index (κ1) is 13.6. The Balaban J connectivity index is 1.77. The molecule has 3 aromatic rings. The molecule has 0 radical (unpaired) electrons. The fraction of sp³-hybridized carbons (Fsp3) is 0.0588. The van der Waals surface area contributed by atoms with Gasteiger partial charge in [-0.1, -0.05) is 41.9 Å². The van der Waals surface area contributed by atoms with Crippen LogP contribution in [0.3, 0.4) is 0 Å². The average molecular weight is 298 g/mol. The Morgan fingerprint density at radius 2 is 1.90 bits per heavy atom. The predicted molar refractivity (Wildman–Crippen MR) is 81.4 cm³/mol. The van der Waals surface area contributed by atoms with E-state index in [1.54, 1.807) is 30.5 Å². The van der Waals surface area contributed by atoms with Crippen molar-refractivity contribution in [3.05, 3.63) is 77.1 Å². The first-order chi connectivity index (χ1) is 10.2. The Bertz CT molecular complexity index is 765. The third-order valence-corrected chi connectivity index (χ3v) is 3.29. The maximum absolute atomic E-state index is 12.2. The van der Waals surface area contributed by atoms with Crippen molar-refractivity contribution in [1.82, 2.24) is 4.98 Å². The van der Waals surface area contributed by atoms with Crippen LogP contribution in [0.4, 0.5) is 0 Å². The summed E-state index contributed by atoms with van der Waals surface area (Å²) in [5.74, 6) is 1.01. The number of Topliss-reactive ketones (excluding diaryl/α,β-unsaturated/α-hetero) is 1. The van der Waals surface area contributed by atoms with E-state index in [9.17, 15) is 4.79 Å². The molecule has 0 aliphatic rings. The van der Waals surface area contributed by atoms with Gasteiger partial charge >= 0.3 is 0 Å². The van der Waals surface area contributed by atoms with Crippen molar-refractivity contribution >= 4 is 17.4 Å². The summed E-state index contributed by atoms with van der Waals surface area (Å²) in [6.45, 7) is 0. The molecule has 0 amide bonds. The molecular weight excluding hydrogens is 286 g/mol. The summed E-state index contributed by atoms with van der Waals surface area (Å²) in [5.41, 5.74) is 1.46. The molecular formula is C17H12ClNO2. The van der Waals surface area contributed by atoms with E-state index in [0.717, 1.165) is 5.56 Å². The lowest BCUT2D eigenvalue weighted by Gasteiger charge is -1.99. The molecule has 0 atom stereocenters. The Labute approximate surface area is 127 Å². The fourth-order valence-electron chi connectivity index (χ4n) is 2.03. The number of nitrogens with zero attached hydrogens (tertiary/aromatic N) is 1. The quantitative estimate of drug-likeness (QED) is 0.669. The number of oxazole rings is 1. The van der Waals surface area contributed by atoms with Gasteiger partial charge < -0.3 is 4.42 Å². The molecule has 0 spiro atoms. The number of rotatable bonds is 4. The average Bonchev–Trinajstić information content (AvgIpc) is 2.97. The van der Waals surface area contributed by atoms with Crippen molar-refractivity contribution in [2.45, 2.75) is 6.42 Å². The summed E-state index contributed by atoms with van der Waals surface area (Å²) in [6, 6.07) is 16.5. The maximum atomic E-state index is 12.2. The summed E-state index contributed by atoms with van der Waals surface area (Å²) in [5, 5.41) is 0.545. The molecule has 0 aliphatic heterocycles. The zero-order valence-electron chi connectivity index (χ0n) is 11.1. The van der Waals surface area contributed by atoms with Gasteiger partial charge in [0.25, 0.3) is 0 Å². The largest absolute Gasteiger partial charge is 0.441 e. The maximum Gasteiger partial charge on any atom is 0.226 e. The number of ketones is 1. The Morgan fingerprint density at radius 1 is 1.10 bits per heavy atom. The van der Waals surface area contributed by atoms with Gasteiger partial charge in [0.1, 0.15) is 5.76 Å². The number of hydrogen-bond acceptors (Lipinski definition) is 3. The number of carbonyl (C=O) groups is 1. The molecule has 0 saturated heterocycles. The highest BCUT2D eigenvalue weighted by Crippen LogP contribution is 2.20. The minimum Gasteiger partial charge on any atom is -0.441 e. The van der Waals surface area contributed by atoms with E-state index in [-0.39, 0.29) is 12.2 Å². The summed E-state index contributed by atoms with van der Waals surface area (Å²) in [7, 11) is 0. The third kappa shape index (κ3) is 3.20. The van der Waals surface area contributed by atoms with Crippen LogP contribution in [0, 0.1) is 0 Å². The number of halogens is 1. The van der Waals surface area contributed by atoms with Gasteiger partial charge in [-0.25, -0.2) is 4.98 Å². The molecule has 0 bridgehead atoms. The van der Waals surface area contributed by atoms with Crippen molar-refractivity contribution in [2.24, 2.45) is 0 Å². The number of aromatic nitrogens is 1. The van der Waals surface area contributed by atoms with Crippen molar-refractivity contribution in [3.63, 3.8) is 0 Å². The van der Waals surface area contributed by atoms with E-state index < -0.39 is 0 Å². The number of benzene rings is 2. The van der Waals surface area contributed by atoms with Gasteiger partial charge in [-0.2, -0.15) is 0 Å². The second kappa shape index (κ2) is 5.94. The molecule has 1 aromatic heterocycles. The first-order valence-corrected chi connectivity index (χ1v) is 6.89. The van der Waals surface area contributed by atoms with Gasteiger partial charge in [-0.3, -0.25) is 4.79 Å². The van der Waals surface area contributed by atoms with E-state index in [1.807, 2.05) is 30.3 Å². The third-order valence-electron chi connectivity index (χ3n) is 3.06. The van der Waals surface area contributed by atoms with E-state index in [4.69, 9.17) is 16.0 Å². The monoisotopic (exact) mass is 297 g/mol. The second-order valence-electron chi connectivity index (χ2n) is 4.61. The van der Waals surface area contributed by atoms with Gasteiger partial charge in [0.05, 0.1) is 12.6 Å². The topological polar surface area (TPSA) is 43.1 Å². The first-order valence-electron chi connectivity index (χ1n) is 6.51. The van der Waals surface area contributed by atoms with Crippen LogP contribution in [-0.4, -0.2) is 10.8 Å². The van der Waals surface area contributed by atoms with Gasteiger partial charge in [0, 0.05) is 16.1 Å². The van der Waals surface area contributed by atoms with Crippen LogP contribution in [0.1, 0.15) is 16.1 Å². The molecule has 0 saturated carbocycles.